The number of nitrogens with one attached hydrogen (secondary N) is 1. The van der Waals surface area contributed by atoms with Gasteiger partial charge in [-0.15, -0.1) is 11.3 Å². The lowest BCUT2D eigenvalue weighted by Gasteiger charge is -2.05. The van der Waals surface area contributed by atoms with Gasteiger partial charge in [-0.3, -0.25) is 0 Å². The lowest BCUT2D eigenvalue weighted by molar-refractivity contribution is 0.624. The second-order valence-corrected chi connectivity index (χ2v) is 4.59. The van der Waals surface area contributed by atoms with Gasteiger partial charge in [0.2, 0.25) is 0 Å². The summed E-state index contributed by atoms with van der Waals surface area (Å²) in [5.74, 6) is -0.476. The maximum atomic E-state index is 13.1. The van der Waals surface area contributed by atoms with Crippen molar-refractivity contribution in [2.45, 2.75) is 6.42 Å². The first kappa shape index (κ1) is 11.6. The molecule has 0 bridgehead atoms. The van der Waals surface area contributed by atoms with Crippen molar-refractivity contribution in [2.24, 2.45) is 0 Å². The summed E-state index contributed by atoms with van der Waals surface area (Å²) in [7, 11) is 0. The van der Waals surface area contributed by atoms with E-state index in [0.29, 0.717) is 0 Å². The largest absolute Gasteiger partial charge is 0.385 e. The van der Waals surface area contributed by atoms with Crippen LogP contribution in [-0.2, 0) is 6.42 Å². The smallest absolute Gasteiger partial charge is 0.141 e. The highest BCUT2D eigenvalue weighted by molar-refractivity contribution is 7.09. The van der Waals surface area contributed by atoms with E-state index in [1.807, 2.05) is 17.5 Å². The van der Waals surface area contributed by atoms with Crippen LogP contribution in [0.4, 0.5) is 10.1 Å². The van der Waals surface area contributed by atoms with Crippen LogP contribution in [0.2, 0.25) is 0 Å². The summed E-state index contributed by atoms with van der Waals surface area (Å²) in [5.41, 5.74) is 0.852. The van der Waals surface area contributed by atoms with Gasteiger partial charge in [0.05, 0.1) is 5.56 Å². The van der Waals surface area contributed by atoms with Gasteiger partial charge in [-0.1, -0.05) is 6.07 Å². The molecular formula is C13H11FN2S. The molecule has 0 aliphatic heterocycles. The minimum absolute atomic E-state index is 0.0751. The number of thiophene rings is 1. The minimum Gasteiger partial charge on any atom is -0.385 e. The van der Waals surface area contributed by atoms with E-state index >= 15 is 0 Å². The molecule has 1 aromatic heterocycles. The summed E-state index contributed by atoms with van der Waals surface area (Å²) >= 11 is 1.72. The van der Waals surface area contributed by atoms with E-state index < -0.39 is 5.82 Å². The van der Waals surface area contributed by atoms with E-state index in [1.54, 1.807) is 17.4 Å². The van der Waals surface area contributed by atoms with Gasteiger partial charge >= 0.3 is 0 Å². The van der Waals surface area contributed by atoms with Crippen molar-refractivity contribution in [3.63, 3.8) is 0 Å². The number of hydrogen-bond acceptors (Lipinski definition) is 3. The van der Waals surface area contributed by atoms with Crippen molar-refractivity contribution in [3.8, 4) is 6.07 Å². The van der Waals surface area contributed by atoms with Crippen LogP contribution in [0.3, 0.4) is 0 Å². The lowest BCUT2D eigenvalue weighted by Crippen LogP contribution is -2.04. The summed E-state index contributed by atoms with van der Waals surface area (Å²) in [6.45, 7) is 0.775. The summed E-state index contributed by atoms with van der Waals surface area (Å²) in [6, 6.07) is 10.4. The van der Waals surface area contributed by atoms with Gasteiger partial charge in [-0.25, -0.2) is 4.39 Å². The van der Waals surface area contributed by atoms with Gasteiger partial charge in [0, 0.05) is 17.1 Å². The predicted octanol–water partition coefficient (Wildman–Crippen LogP) is 3.41. The highest BCUT2D eigenvalue weighted by Gasteiger charge is 2.02. The van der Waals surface area contributed by atoms with E-state index in [1.165, 1.54) is 17.0 Å². The Labute approximate surface area is 103 Å². The van der Waals surface area contributed by atoms with E-state index in [2.05, 4.69) is 11.4 Å². The number of benzene rings is 1. The number of hydrogen-bond donors (Lipinski definition) is 1. The minimum atomic E-state index is -0.476. The molecule has 0 saturated heterocycles. The van der Waals surface area contributed by atoms with Crippen LogP contribution < -0.4 is 5.32 Å². The zero-order chi connectivity index (χ0) is 12.1. The van der Waals surface area contributed by atoms with Crippen molar-refractivity contribution in [3.05, 3.63) is 52.0 Å². The van der Waals surface area contributed by atoms with Crippen LogP contribution in [0.5, 0.6) is 0 Å². The van der Waals surface area contributed by atoms with Crippen LogP contribution in [0.15, 0.2) is 35.7 Å². The van der Waals surface area contributed by atoms with Crippen molar-refractivity contribution < 1.29 is 4.39 Å². The molecule has 0 fully saturated rings. The third-order valence-electron chi connectivity index (χ3n) is 2.37. The third kappa shape index (κ3) is 3.05. The number of rotatable bonds is 4. The first-order valence-electron chi connectivity index (χ1n) is 5.25. The average molecular weight is 246 g/mol. The molecular weight excluding hydrogens is 235 g/mol. The Kier molecular flexibility index (Phi) is 3.73. The summed E-state index contributed by atoms with van der Waals surface area (Å²) in [6.07, 6.45) is 0.928. The second-order valence-electron chi connectivity index (χ2n) is 3.56. The van der Waals surface area contributed by atoms with Crippen LogP contribution in [0.25, 0.3) is 0 Å². The number of nitriles is 1. The molecule has 0 amide bonds. The van der Waals surface area contributed by atoms with Crippen molar-refractivity contribution in [1.29, 1.82) is 5.26 Å². The van der Waals surface area contributed by atoms with E-state index in [9.17, 15) is 4.39 Å². The molecule has 0 aliphatic carbocycles. The van der Waals surface area contributed by atoms with Gasteiger partial charge in [0.15, 0.2) is 0 Å². The Morgan fingerprint density at radius 1 is 1.35 bits per heavy atom. The van der Waals surface area contributed by atoms with Gasteiger partial charge < -0.3 is 5.32 Å². The van der Waals surface area contributed by atoms with Crippen LogP contribution in [0.1, 0.15) is 10.4 Å². The number of halogens is 1. The van der Waals surface area contributed by atoms with Crippen LogP contribution >= 0.6 is 11.3 Å². The SMILES string of the molecule is N#Cc1cc(NCCc2cccs2)ccc1F. The molecule has 1 heterocycles. The van der Waals surface area contributed by atoms with Crippen LogP contribution in [0, 0.1) is 17.1 Å². The first-order chi connectivity index (χ1) is 8.29. The topological polar surface area (TPSA) is 35.8 Å². The second kappa shape index (κ2) is 5.46. The van der Waals surface area contributed by atoms with Gasteiger partial charge in [0.1, 0.15) is 11.9 Å². The number of anilines is 1. The Balaban J connectivity index is 1.93. The molecule has 4 heteroatoms. The molecule has 0 atom stereocenters. The highest BCUT2D eigenvalue weighted by atomic mass is 32.1. The monoisotopic (exact) mass is 246 g/mol. The molecule has 0 radical (unpaired) electrons. The quantitative estimate of drug-likeness (QED) is 0.897. The highest BCUT2D eigenvalue weighted by Crippen LogP contribution is 2.14. The zero-order valence-electron chi connectivity index (χ0n) is 9.11. The van der Waals surface area contributed by atoms with E-state index in [4.69, 9.17) is 5.26 Å². The maximum Gasteiger partial charge on any atom is 0.141 e. The molecule has 1 aromatic carbocycles. The standard InChI is InChI=1S/C13H11FN2S/c14-13-4-3-11(8-10(13)9-15)16-6-5-12-2-1-7-17-12/h1-4,7-8,16H,5-6H2. The molecule has 0 unspecified atom stereocenters. The molecule has 2 nitrogen and oxygen atoms in total. The Hall–Kier alpha value is -1.86. The molecule has 2 aromatic rings. The molecule has 0 saturated carbocycles. The Bertz CT molecular complexity index is 529. The summed E-state index contributed by atoms with van der Waals surface area (Å²) in [4.78, 5) is 1.31. The summed E-state index contributed by atoms with van der Waals surface area (Å²) in [5, 5.41) is 13.9. The lowest BCUT2D eigenvalue weighted by atomic mass is 10.2. The first-order valence-corrected chi connectivity index (χ1v) is 6.13. The van der Waals surface area contributed by atoms with Crippen molar-refractivity contribution in [1.82, 2.24) is 0 Å². The maximum absolute atomic E-state index is 13.1. The average Bonchev–Trinajstić information content (AvgIpc) is 2.84. The van der Waals surface area contributed by atoms with E-state index in [0.717, 1.165) is 18.7 Å². The summed E-state index contributed by atoms with van der Waals surface area (Å²) < 4.78 is 13.1. The predicted molar refractivity (Wildman–Crippen MR) is 67.6 cm³/mol. The fourth-order valence-corrected chi connectivity index (χ4v) is 2.21. The van der Waals surface area contributed by atoms with Crippen LogP contribution in [-0.4, -0.2) is 6.54 Å². The Morgan fingerprint density at radius 2 is 2.24 bits per heavy atom. The molecule has 0 aliphatic rings. The van der Waals surface area contributed by atoms with E-state index in [-0.39, 0.29) is 5.56 Å². The normalized spacial score (nSPS) is 9.88. The zero-order valence-corrected chi connectivity index (χ0v) is 9.93. The Morgan fingerprint density at radius 3 is 2.94 bits per heavy atom. The molecule has 2 rings (SSSR count). The molecule has 0 spiro atoms. The van der Waals surface area contributed by atoms with Crippen molar-refractivity contribution in [2.75, 3.05) is 11.9 Å². The fourth-order valence-electron chi connectivity index (χ4n) is 1.51. The fraction of sp³-hybridized carbons (Fsp3) is 0.154. The molecule has 17 heavy (non-hydrogen) atoms. The van der Waals surface area contributed by atoms with Crippen molar-refractivity contribution >= 4 is 17.0 Å². The third-order valence-corrected chi connectivity index (χ3v) is 3.30. The van der Waals surface area contributed by atoms with Gasteiger partial charge in [-0.2, -0.15) is 5.26 Å². The number of nitrogens with zero attached hydrogens (tertiary/aromatic N) is 1. The van der Waals surface area contributed by atoms with Gasteiger partial charge in [0.25, 0.3) is 0 Å². The van der Waals surface area contributed by atoms with Gasteiger partial charge in [-0.05, 0) is 36.1 Å². The molecule has 86 valence electrons. The molecule has 1 N–H and O–H groups in total.